The number of fused-ring (bicyclic) bond motifs is 1. The van der Waals surface area contributed by atoms with Crippen LogP contribution in [0, 0.1) is 0 Å². The van der Waals surface area contributed by atoms with Gasteiger partial charge in [0.15, 0.2) is 5.65 Å². The number of pyridine rings is 1. The van der Waals surface area contributed by atoms with E-state index in [2.05, 4.69) is 5.10 Å². The Morgan fingerprint density at radius 3 is 2.41 bits per heavy atom. The van der Waals surface area contributed by atoms with Crippen LogP contribution in [0.1, 0.15) is 22.3 Å². The largest absolute Gasteiger partial charge is 0.469 e. The number of carbonyl (C=O) groups is 2. The van der Waals surface area contributed by atoms with Crippen molar-refractivity contribution in [1.82, 2.24) is 19.7 Å². The van der Waals surface area contributed by atoms with Gasteiger partial charge in [-0.1, -0.05) is 60.7 Å². The van der Waals surface area contributed by atoms with Crippen LogP contribution in [0.2, 0.25) is 0 Å². The first-order valence-electron chi connectivity index (χ1n) is 10.3. The highest BCUT2D eigenvalue weighted by Crippen LogP contribution is 2.26. The molecule has 0 aliphatic rings. The number of carbonyl (C=O) groups excluding carboxylic acids is 2. The molecule has 7 nitrogen and oxygen atoms in total. The van der Waals surface area contributed by atoms with E-state index in [4.69, 9.17) is 9.72 Å². The highest BCUT2D eigenvalue weighted by Gasteiger charge is 2.21. The summed E-state index contributed by atoms with van der Waals surface area (Å²) < 4.78 is 6.50. The molecule has 0 aliphatic carbocycles. The molecular formula is C25H24N4O3. The Bertz CT molecular complexity index is 1240. The lowest BCUT2D eigenvalue weighted by Gasteiger charge is -2.17. The second-order valence-corrected chi connectivity index (χ2v) is 7.50. The zero-order valence-electron chi connectivity index (χ0n) is 18.1. The summed E-state index contributed by atoms with van der Waals surface area (Å²) in [6.07, 6.45) is 1.81. The number of methoxy groups -OCH3 is 1. The lowest BCUT2D eigenvalue weighted by atomic mass is 10.1. The Kier molecular flexibility index (Phi) is 6.26. The Balaban J connectivity index is 1.77. The van der Waals surface area contributed by atoms with Crippen molar-refractivity contribution < 1.29 is 14.3 Å². The van der Waals surface area contributed by atoms with Crippen molar-refractivity contribution in [3.8, 4) is 11.3 Å². The van der Waals surface area contributed by atoms with Gasteiger partial charge in [-0.2, -0.15) is 5.10 Å². The molecule has 32 heavy (non-hydrogen) atoms. The number of hydrogen-bond donors (Lipinski definition) is 0. The molecule has 0 aliphatic heterocycles. The van der Waals surface area contributed by atoms with Crippen molar-refractivity contribution >= 4 is 22.9 Å². The molecule has 0 fully saturated rings. The predicted octanol–water partition coefficient (Wildman–Crippen LogP) is 3.78. The smallest absolute Gasteiger partial charge is 0.307 e. The molecule has 0 spiro atoms. The van der Waals surface area contributed by atoms with Crippen LogP contribution in [0.25, 0.3) is 22.3 Å². The maximum absolute atomic E-state index is 13.3. The van der Waals surface area contributed by atoms with Crippen molar-refractivity contribution in [2.24, 2.45) is 0 Å². The number of rotatable bonds is 7. The molecule has 0 radical (unpaired) electrons. The van der Waals surface area contributed by atoms with Gasteiger partial charge in [-0.15, -0.1) is 0 Å². The van der Waals surface area contributed by atoms with Gasteiger partial charge in [-0.25, -0.2) is 9.67 Å². The molecule has 0 bridgehead atoms. The van der Waals surface area contributed by atoms with Crippen LogP contribution in [0.4, 0.5) is 0 Å². The zero-order chi connectivity index (χ0) is 22.5. The third-order valence-electron chi connectivity index (χ3n) is 5.31. The first-order chi connectivity index (χ1) is 15.6. The average Bonchev–Trinajstić information content (AvgIpc) is 3.25. The van der Waals surface area contributed by atoms with Gasteiger partial charge in [0.25, 0.3) is 5.91 Å². The summed E-state index contributed by atoms with van der Waals surface area (Å²) in [5.41, 5.74) is 3.83. The first-order valence-corrected chi connectivity index (χ1v) is 10.3. The van der Waals surface area contributed by atoms with Crippen molar-refractivity contribution in [1.29, 1.82) is 0 Å². The van der Waals surface area contributed by atoms with Crippen LogP contribution in [-0.2, 0) is 16.1 Å². The van der Waals surface area contributed by atoms with Gasteiger partial charge in [0.05, 0.1) is 42.9 Å². The SMILES string of the molecule is COC(=O)CCN(C)C(=O)c1cc(-c2ccccc2)nc2c1cnn2Cc1ccccc1. The minimum atomic E-state index is -0.356. The van der Waals surface area contributed by atoms with Crippen LogP contribution >= 0.6 is 0 Å². The number of esters is 1. The molecule has 2 aromatic heterocycles. The van der Waals surface area contributed by atoms with E-state index in [0.29, 0.717) is 28.8 Å². The summed E-state index contributed by atoms with van der Waals surface area (Å²) >= 11 is 0. The lowest BCUT2D eigenvalue weighted by Crippen LogP contribution is -2.29. The molecule has 0 atom stereocenters. The number of benzene rings is 2. The monoisotopic (exact) mass is 428 g/mol. The number of nitrogens with zero attached hydrogens (tertiary/aromatic N) is 4. The van der Waals surface area contributed by atoms with Gasteiger partial charge in [0.2, 0.25) is 0 Å². The first kappa shape index (κ1) is 21.2. The fraction of sp³-hybridized carbons (Fsp3) is 0.200. The molecule has 7 heteroatoms. The molecular weight excluding hydrogens is 404 g/mol. The van der Waals surface area contributed by atoms with Crippen LogP contribution in [0.15, 0.2) is 72.9 Å². The topological polar surface area (TPSA) is 77.3 Å². The summed E-state index contributed by atoms with van der Waals surface area (Å²) in [4.78, 5) is 31.2. The fourth-order valence-electron chi connectivity index (χ4n) is 3.52. The quantitative estimate of drug-likeness (QED) is 0.419. The molecule has 0 N–H and O–H groups in total. The maximum Gasteiger partial charge on any atom is 0.307 e. The van der Waals surface area contributed by atoms with Crippen molar-refractivity contribution in [3.63, 3.8) is 0 Å². The van der Waals surface area contributed by atoms with E-state index in [0.717, 1.165) is 11.1 Å². The van der Waals surface area contributed by atoms with Crippen molar-refractivity contribution in [2.45, 2.75) is 13.0 Å². The van der Waals surface area contributed by atoms with E-state index in [-0.39, 0.29) is 24.8 Å². The van der Waals surface area contributed by atoms with E-state index in [1.807, 2.05) is 65.3 Å². The number of ether oxygens (including phenoxy) is 1. The van der Waals surface area contributed by atoms with E-state index < -0.39 is 0 Å². The summed E-state index contributed by atoms with van der Waals surface area (Å²) in [5.74, 6) is -0.553. The van der Waals surface area contributed by atoms with E-state index in [1.165, 1.54) is 12.0 Å². The Morgan fingerprint density at radius 2 is 1.72 bits per heavy atom. The molecule has 0 unspecified atom stereocenters. The second kappa shape index (κ2) is 9.43. The average molecular weight is 428 g/mol. The Morgan fingerprint density at radius 1 is 1.03 bits per heavy atom. The fourth-order valence-corrected chi connectivity index (χ4v) is 3.52. The van der Waals surface area contributed by atoms with Gasteiger partial charge < -0.3 is 9.64 Å². The Hall–Kier alpha value is -4.00. The molecule has 2 heterocycles. The highest BCUT2D eigenvalue weighted by molar-refractivity contribution is 6.06. The van der Waals surface area contributed by atoms with Crippen LogP contribution in [0.3, 0.4) is 0 Å². The highest BCUT2D eigenvalue weighted by atomic mass is 16.5. The van der Waals surface area contributed by atoms with Gasteiger partial charge in [0.1, 0.15) is 0 Å². The molecule has 162 valence electrons. The third-order valence-corrected chi connectivity index (χ3v) is 5.31. The van der Waals surface area contributed by atoms with Crippen molar-refractivity contribution in [2.75, 3.05) is 20.7 Å². The third kappa shape index (κ3) is 4.51. The van der Waals surface area contributed by atoms with E-state index in [9.17, 15) is 9.59 Å². The van der Waals surface area contributed by atoms with Gasteiger partial charge >= 0.3 is 5.97 Å². The summed E-state index contributed by atoms with van der Waals surface area (Å²) in [7, 11) is 3.01. The summed E-state index contributed by atoms with van der Waals surface area (Å²) in [5, 5.41) is 5.20. The second-order valence-electron chi connectivity index (χ2n) is 7.50. The summed E-state index contributed by atoms with van der Waals surface area (Å²) in [6, 6.07) is 21.5. The van der Waals surface area contributed by atoms with Crippen LogP contribution in [0.5, 0.6) is 0 Å². The van der Waals surface area contributed by atoms with Crippen LogP contribution < -0.4 is 0 Å². The number of hydrogen-bond acceptors (Lipinski definition) is 5. The number of aromatic nitrogens is 3. The predicted molar refractivity (Wildman–Crippen MR) is 122 cm³/mol. The minimum Gasteiger partial charge on any atom is -0.469 e. The normalized spacial score (nSPS) is 10.8. The van der Waals surface area contributed by atoms with Gasteiger partial charge in [-0.3, -0.25) is 9.59 Å². The molecule has 2 aromatic carbocycles. The zero-order valence-corrected chi connectivity index (χ0v) is 18.1. The standard InChI is InChI=1S/C25H24N4O3/c1-28(14-13-23(30)32-2)25(31)20-15-22(19-11-7-4-8-12-19)27-24-21(20)16-26-29(24)17-18-9-5-3-6-10-18/h3-12,15-16H,13-14,17H2,1-2H3. The number of amides is 1. The lowest BCUT2D eigenvalue weighted by molar-refractivity contribution is -0.140. The van der Waals surface area contributed by atoms with E-state index >= 15 is 0 Å². The molecule has 4 rings (SSSR count). The molecule has 1 amide bonds. The minimum absolute atomic E-state index is 0.131. The molecule has 4 aromatic rings. The van der Waals surface area contributed by atoms with Crippen molar-refractivity contribution in [3.05, 3.63) is 84.1 Å². The maximum atomic E-state index is 13.3. The summed E-state index contributed by atoms with van der Waals surface area (Å²) in [6.45, 7) is 0.801. The molecule has 0 saturated heterocycles. The van der Waals surface area contributed by atoms with E-state index in [1.54, 1.807) is 19.3 Å². The van der Waals surface area contributed by atoms with Crippen LogP contribution in [-0.4, -0.2) is 52.2 Å². The molecule has 0 saturated carbocycles. The Labute approximate surface area is 186 Å². The van der Waals surface area contributed by atoms with Gasteiger partial charge in [0, 0.05) is 19.2 Å². The van der Waals surface area contributed by atoms with Gasteiger partial charge in [-0.05, 0) is 11.6 Å².